The van der Waals surface area contributed by atoms with Crippen LogP contribution in [0.25, 0.3) is 83.9 Å². The van der Waals surface area contributed by atoms with Gasteiger partial charge in [0.05, 0.1) is 16.5 Å². The molecule has 0 amide bonds. The minimum Gasteiger partial charge on any atom is -0.277 e. The highest BCUT2D eigenvalue weighted by Gasteiger charge is 2.21. The van der Waals surface area contributed by atoms with Gasteiger partial charge >= 0.3 is 0 Å². The molecule has 49 heavy (non-hydrogen) atoms. The SMILES string of the molecule is [2H]c1c([2H])c([2H])c2c(c1[2H])c1cccc(-c3cc(-c4ccccc4)cc(-c4ccccc4)c3)c1n2-c1nc(-c2ccccc2)nc(-c2ccccc2)n1. The molecule has 0 aliphatic rings. The van der Waals surface area contributed by atoms with E-state index in [-0.39, 0.29) is 30.1 Å². The Hall–Kier alpha value is -6.65. The minimum atomic E-state index is -0.328. The number of para-hydroxylation sites is 2. The van der Waals surface area contributed by atoms with Crippen LogP contribution in [0.5, 0.6) is 0 Å². The van der Waals surface area contributed by atoms with Gasteiger partial charge in [0.2, 0.25) is 5.95 Å². The zero-order chi connectivity index (χ0) is 36.1. The number of nitrogens with zero attached hydrogens (tertiary/aromatic N) is 4. The molecule has 4 heteroatoms. The first kappa shape index (κ1) is 24.5. The molecule has 2 aromatic heterocycles. The Labute approximate surface area is 290 Å². The smallest absolute Gasteiger partial charge is 0.238 e. The summed E-state index contributed by atoms with van der Waals surface area (Å²) in [4.78, 5) is 15.0. The van der Waals surface area contributed by atoms with Gasteiger partial charge in [-0.1, -0.05) is 158 Å². The van der Waals surface area contributed by atoms with Crippen LogP contribution in [0, 0.1) is 0 Å². The average Bonchev–Trinajstić information content (AvgIpc) is 3.59. The predicted octanol–water partition coefficient (Wildman–Crippen LogP) is 11.3. The molecular weight excluding hydrogens is 597 g/mol. The van der Waals surface area contributed by atoms with E-state index in [9.17, 15) is 1.37 Å². The van der Waals surface area contributed by atoms with Gasteiger partial charge in [0.25, 0.3) is 0 Å². The van der Waals surface area contributed by atoms with Crippen LogP contribution in [-0.2, 0) is 0 Å². The minimum absolute atomic E-state index is 0.120. The third-order valence-corrected chi connectivity index (χ3v) is 8.77. The van der Waals surface area contributed by atoms with Gasteiger partial charge in [0.15, 0.2) is 11.6 Å². The molecule has 0 spiro atoms. The summed E-state index contributed by atoms with van der Waals surface area (Å²) in [5, 5.41) is 1.07. The van der Waals surface area contributed by atoms with Gasteiger partial charge in [-0.05, 0) is 52.1 Å². The molecule has 0 aliphatic heterocycles. The number of hydrogen-bond acceptors (Lipinski definition) is 3. The van der Waals surface area contributed by atoms with Gasteiger partial charge in [-0.25, -0.2) is 4.98 Å². The van der Waals surface area contributed by atoms with Crippen LogP contribution in [0.2, 0.25) is 0 Å². The maximum absolute atomic E-state index is 9.27. The number of aromatic nitrogens is 4. The van der Waals surface area contributed by atoms with Crippen LogP contribution < -0.4 is 0 Å². The highest BCUT2D eigenvalue weighted by atomic mass is 15.2. The van der Waals surface area contributed by atoms with Crippen LogP contribution in [0.1, 0.15) is 5.48 Å². The second-order valence-corrected chi connectivity index (χ2v) is 11.8. The summed E-state index contributed by atoms with van der Waals surface area (Å²) in [6.45, 7) is 0. The summed E-state index contributed by atoms with van der Waals surface area (Å²) in [6.07, 6.45) is 0. The summed E-state index contributed by atoms with van der Waals surface area (Å²) in [6, 6.07) is 51.3. The standard InChI is InChI=1S/C45H30N4/c1-5-16-31(17-6-1)35-28-36(32-18-7-2-8-19-32)30-37(29-35)38-25-15-26-40-39-24-13-14-27-41(39)49(42(38)40)45-47-43(33-20-9-3-10-21-33)46-44(48-45)34-22-11-4-12-23-34/h1-30H/i13D,14D,24D,27D. The molecule has 7 aromatic carbocycles. The summed E-state index contributed by atoms with van der Waals surface area (Å²) in [5.74, 6) is 1.14. The molecule has 9 rings (SSSR count). The molecule has 0 unspecified atom stereocenters. The van der Waals surface area contributed by atoms with Gasteiger partial charge < -0.3 is 0 Å². The second-order valence-electron chi connectivity index (χ2n) is 11.8. The molecule has 0 saturated heterocycles. The maximum Gasteiger partial charge on any atom is 0.238 e. The van der Waals surface area contributed by atoms with Crippen molar-refractivity contribution in [1.29, 1.82) is 0 Å². The van der Waals surface area contributed by atoms with E-state index >= 15 is 0 Å². The molecule has 4 nitrogen and oxygen atoms in total. The monoisotopic (exact) mass is 630 g/mol. The molecule has 0 aliphatic carbocycles. The number of hydrogen-bond donors (Lipinski definition) is 0. The Morgan fingerprint density at radius 1 is 0.408 bits per heavy atom. The lowest BCUT2D eigenvalue weighted by molar-refractivity contribution is 0.954. The van der Waals surface area contributed by atoms with Crippen molar-refractivity contribution < 1.29 is 5.48 Å². The van der Waals surface area contributed by atoms with E-state index in [4.69, 9.17) is 19.1 Å². The fourth-order valence-corrected chi connectivity index (χ4v) is 6.47. The molecule has 0 N–H and O–H groups in total. The van der Waals surface area contributed by atoms with Crippen molar-refractivity contribution >= 4 is 21.8 Å². The predicted molar refractivity (Wildman–Crippen MR) is 201 cm³/mol. The van der Waals surface area contributed by atoms with E-state index < -0.39 is 0 Å². The fourth-order valence-electron chi connectivity index (χ4n) is 6.47. The molecule has 230 valence electrons. The Morgan fingerprint density at radius 2 is 0.898 bits per heavy atom. The third kappa shape index (κ3) is 5.26. The van der Waals surface area contributed by atoms with Crippen LogP contribution in [0.4, 0.5) is 0 Å². The summed E-state index contributed by atoms with van der Waals surface area (Å²) in [5.41, 5.74) is 8.48. The third-order valence-electron chi connectivity index (χ3n) is 8.77. The van der Waals surface area contributed by atoms with Crippen LogP contribution in [0.3, 0.4) is 0 Å². The molecule has 0 atom stereocenters. The zero-order valence-corrected chi connectivity index (χ0v) is 26.3. The molecule has 0 bridgehead atoms. The van der Waals surface area contributed by atoms with Gasteiger partial charge in [-0.2, -0.15) is 9.97 Å². The van der Waals surface area contributed by atoms with Crippen molar-refractivity contribution in [2.45, 2.75) is 0 Å². The van der Waals surface area contributed by atoms with Crippen molar-refractivity contribution in [1.82, 2.24) is 19.5 Å². The van der Waals surface area contributed by atoms with E-state index in [0.29, 0.717) is 33.5 Å². The first-order valence-corrected chi connectivity index (χ1v) is 16.1. The van der Waals surface area contributed by atoms with Crippen molar-refractivity contribution in [3.63, 3.8) is 0 Å². The number of rotatable bonds is 6. The first-order chi connectivity index (χ1) is 26.0. The van der Waals surface area contributed by atoms with Gasteiger partial charge in [-0.15, -0.1) is 0 Å². The lowest BCUT2D eigenvalue weighted by atomic mass is 9.92. The van der Waals surface area contributed by atoms with Crippen molar-refractivity contribution in [2.24, 2.45) is 0 Å². The van der Waals surface area contributed by atoms with Gasteiger partial charge in [-0.3, -0.25) is 4.57 Å². The molecule has 0 fully saturated rings. The van der Waals surface area contributed by atoms with Crippen molar-refractivity contribution in [3.05, 3.63) is 182 Å². The van der Waals surface area contributed by atoms with Crippen molar-refractivity contribution in [3.8, 4) is 62.1 Å². The van der Waals surface area contributed by atoms with Gasteiger partial charge in [0.1, 0.15) is 0 Å². The van der Waals surface area contributed by atoms with E-state index in [2.05, 4.69) is 42.5 Å². The average molecular weight is 631 g/mol. The highest BCUT2D eigenvalue weighted by molar-refractivity contribution is 6.13. The molecule has 9 aromatic rings. The second kappa shape index (κ2) is 12.2. The van der Waals surface area contributed by atoms with Crippen LogP contribution >= 0.6 is 0 Å². The van der Waals surface area contributed by atoms with Crippen molar-refractivity contribution in [2.75, 3.05) is 0 Å². The maximum atomic E-state index is 9.27. The molecule has 2 heterocycles. The van der Waals surface area contributed by atoms with E-state index in [1.165, 1.54) is 0 Å². The summed E-state index contributed by atoms with van der Waals surface area (Å²) in [7, 11) is 0. The lowest BCUT2D eigenvalue weighted by Crippen LogP contribution is -2.07. The fraction of sp³-hybridized carbons (Fsp3) is 0. The summed E-state index contributed by atoms with van der Waals surface area (Å²) < 4.78 is 37.6. The van der Waals surface area contributed by atoms with E-state index in [1.807, 2.05) is 115 Å². The Kier molecular flexibility index (Phi) is 6.09. The molecule has 0 saturated carbocycles. The topological polar surface area (TPSA) is 43.6 Å². The first-order valence-electron chi connectivity index (χ1n) is 18.1. The van der Waals surface area contributed by atoms with E-state index in [1.54, 1.807) is 4.57 Å². The lowest BCUT2D eigenvalue weighted by Gasteiger charge is -2.15. The Bertz CT molecular complexity index is 2690. The van der Waals surface area contributed by atoms with Crippen LogP contribution in [0.15, 0.2) is 182 Å². The Balaban J connectivity index is 1.42. The molecular formula is C45H30N4. The quantitative estimate of drug-likeness (QED) is 0.184. The summed E-state index contributed by atoms with van der Waals surface area (Å²) >= 11 is 0. The Morgan fingerprint density at radius 3 is 1.45 bits per heavy atom. The number of benzene rings is 7. The zero-order valence-electron chi connectivity index (χ0n) is 30.3. The highest BCUT2D eigenvalue weighted by Crippen LogP contribution is 2.40. The molecule has 0 radical (unpaired) electrons. The van der Waals surface area contributed by atoms with E-state index in [0.717, 1.165) is 44.5 Å². The van der Waals surface area contributed by atoms with Gasteiger partial charge in [0, 0.05) is 27.5 Å². The number of fused-ring (bicyclic) bond motifs is 3. The normalized spacial score (nSPS) is 12.4. The van der Waals surface area contributed by atoms with Crippen LogP contribution in [-0.4, -0.2) is 19.5 Å². The largest absolute Gasteiger partial charge is 0.277 e.